The van der Waals surface area contributed by atoms with E-state index in [0.717, 1.165) is 19.1 Å². The fraction of sp³-hybridized carbons (Fsp3) is 0.647. The molecular formula is C17H27BrN2. The Kier molecular flexibility index (Phi) is 5.91. The number of hydrogen-bond donors (Lipinski definition) is 1. The van der Waals surface area contributed by atoms with Gasteiger partial charge in [0.25, 0.3) is 0 Å². The lowest BCUT2D eigenvalue weighted by Gasteiger charge is -2.27. The van der Waals surface area contributed by atoms with E-state index >= 15 is 0 Å². The molecule has 1 aliphatic rings. The van der Waals surface area contributed by atoms with Gasteiger partial charge in [-0.1, -0.05) is 32.8 Å². The van der Waals surface area contributed by atoms with E-state index in [-0.39, 0.29) is 0 Å². The van der Waals surface area contributed by atoms with Crippen molar-refractivity contribution in [2.75, 3.05) is 18.5 Å². The maximum Gasteiger partial charge on any atom is 0.0510 e. The number of halogens is 1. The Balaban J connectivity index is 1.98. The van der Waals surface area contributed by atoms with Crippen LogP contribution in [-0.4, -0.2) is 19.6 Å². The van der Waals surface area contributed by atoms with Crippen molar-refractivity contribution in [2.24, 2.45) is 5.92 Å². The summed E-state index contributed by atoms with van der Waals surface area (Å²) in [7, 11) is 2.23. The van der Waals surface area contributed by atoms with Gasteiger partial charge in [-0.05, 0) is 58.9 Å². The van der Waals surface area contributed by atoms with Gasteiger partial charge >= 0.3 is 0 Å². The fourth-order valence-corrected chi connectivity index (χ4v) is 3.65. The first kappa shape index (κ1) is 15.8. The predicted molar refractivity (Wildman–Crippen MR) is 91.3 cm³/mol. The highest BCUT2D eigenvalue weighted by molar-refractivity contribution is 9.10. The summed E-state index contributed by atoms with van der Waals surface area (Å²) in [5, 5.41) is 3.50. The van der Waals surface area contributed by atoms with Crippen molar-refractivity contribution in [2.45, 2.75) is 52.1 Å². The first-order valence-corrected chi connectivity index (χ1v) is 8.59. The molecule has 3 heteroatoms. The van der Waals surface area contributed by atoms with Crippen LogP contribution in [0, 0.1) is 5.92 Å². The first-order valence-electron chi connectivity index (χ1n) is 7.80. The van der Waals surface area contributed by atoms with Crippen LogP contribution < -0.4 is 10.2 Å². The van der Waals surface area contributed by atoms with Gasteiger partial charge in [0, 0.05) is 24.1 Å². The van der Waals surface area contributed by atoms with Crippen LogP contribution in [0.4, 0.5) is 5.69 Å². The zero-order valence-electron chi connectivity index (χ0n) is 13.0. The van der Waals surface area contributed by atoms with Crippen molar-refractivity contribution in [1.82, 2.24) is 5.32 Å². The summed E-state index contributed by atoms with van der Waals surface area (Å²) in [6.45, 7) is 6.50. The third-order valence-corrected chi connectivity index (χ3v) is 4.78. The summed E-state index contributed by atoms with van der Waals surface area (Å²) in [5.74, 6) is 0.700. The molecule has 20 heavy (non-hydrogen) atoms. The molecule has 0 radical (unpaired) electrons. The van der Waals surface area contributed by atoms with E-state index in [9.17, 15) is 0 Å². The van der Waals surface area contributed by atoms with Crippen LogP contribution in [0.5, 0.6) is 0 Å². The Morgan fingerprint density at radius 2 is 2.00 bits per heavy atom. The van der Waals surface area contributed by atoms with Gasteiger partial charge in [0.1, 0.15) is 0 Å². The highest BCUT2D eigenvalue weighted by Crippen LogP contribution is 2.32. The Morgan fingerprint density at radius 3 is 2.60 bits per heavy atom. The molecule has 0 spiro atoms. The van der Waals surface area contributed by atoms with E-state index < -0.39 is 0 Å². The quantitative estimate of drug-likeness (QED) is 0.816. The maximum atomic E-state index is 3.75. The van der Waals surface area contributed by atoms with E-state index in [1.807, 2.05) is 0 Å². The summed E-state index contributed by atoms with van der Waals surface area (Å²) in [6, 6.07) is 7.48. The topological polar surface area (TPSA) is 15.3 Å². The molecule has 2 rings (SSSR count). The SMILES string of the molecule is CC(C)CNCc1ccc(N(C)C2CCCC2)c(Br)c1. The lowest BCUT2D eigenvalue weighted by atomic mass is 10.1. The lowest BCUT2D eigenvalue weighted by Crippen LogP contribution is -2.29. The molecule has 1 aromatic rings. The van der Waals surface area contributed by atoms with Gasteiger partial charge in [-0.3, -0.25) is 0 Å². The molecule has 0 heterocycles. The Morgan fingerprint density at radius 1 is 1.30 bits per heavy atom. The van der Waals surface area contributed by atoms with Crippen LogP contribution in [0.15, 0.2) is 22.7 Å². The molecular weight excluding hydrogens is 312 g/mol. The van der Waals surface area contributed by atoms with E-state index in [2.05, 4.69) is 65.2 Å². The summed E-state index contributed by atoms with van der Waals surface area (Å²) < 4.78 is 1.22. The summed E-state index contributed by atoms with van der Waals surface area (Å²) in [6.07, 6.45) is 5.43. The third-order valence-electron chi connectivity index (χ3n) is 4.15. The second-order valence-electron chi connectivity index (χ2n) is 6.36. The summed E-state index contributed by atoms with van der Waals surface area (Å²) in [5.41, 5.74) is 2.67. The second-order valence-corrected chi connectivity index (χ2v) is 7.21. The average Bonchev–Trinajstić information content (AvgIpc) is 2.91. The molecule has 0 bridgehead atoms. The van der Waals surface area contributed by atoms with Crippen molar-refractivity contribution in [3.63, 3.8) is 0 Å². The number of anilines is 1. The summed E-state index contributed by atoms with van der Waals surface area (Å²) >= 11 is 3.75. The molecule has 0 saturated heterocycles. The normalized spacial score (nSPS) is 16.1. The standard InChI is InChI=1S/C17H27BrN2/c1-13(2)11-19-12-14-8-9-17(16(18)10-14)20(3)15-6-4-5-7-15/h8-10,13,15,19H,4-7,11-12H2,1-3H3. The Labute approximate surface area is 132 Å². The van der Waals surface area contributed by atoms with Crippen molar-refractivity contribution < 1.29 is 0 Å². The molecule has 1 aliphatic carbocycles. The zero-order chi connectivity index (χ0) is 14.5. The highest BCUT2D eigenvalue weighted by Gasteiger charge is 2.21. The van der Waals surface area contributed by atoms with Gasteiger partial charge in [-0.25, -0.2) is 0 Å². The van der Waals surface area contributed by atoms with Crippen LogP contribution in [0.2, 0.25) is 0 Å². The molecule has 1 N–H and O–H groups in total. The molecule has 112 valence electrons. The van der Waals surface area contributed by atoms with Crippen molar-refractivity contribution >= 4 is 21.6 Å². The average molecular weight is 339 g/mol. The van der Waals surface area contributed by atoms with Gasteiger partial charge in [0.15, 0.2) is 0 Å². The van der Waals surface area contributed by atoms with Crippen LogP contribution in [0.3, 0.4) is 0 Å². The summed E-state index contributed by atoms with van der Waals surface area (Å²) in [4.78, 5) is 2.45. The zero-order valence-corrected chi connectivity index (χ0v) is 14.5. The van der Waals surface area contributed by atoms with Crippen molar-refractivity contribution in [1.29, 1.82) is 0 Å². The second kappa shape index (κ2) is 7.46. The number of benzene rings is 1. The minimum absolute atomic E-state index is 0.700. The van der Waals surface area contributed by atoms with Gasteiger partial charge in [-0.2, -0.15) is 0 Å². The number of rotatable bonds is 6. The Hall–Kier alpha value is -0.540. The number of hydrogen-bond acceptors (Lipinski definition) is 2. The smallest absolute Gasteiger partial charge is 0.0510 e. The molecule has 0 unspecified atom stereocenters. The molecule has 0 aromatic heterocycles. The van der Waals surface area contributed by atoms with E-state index in [0.29, 0.717) is 5.92 Å². The van der Waals surface area contributed by atoms with Crippen LogP contribution in [0.1, 0.15) is 45.1 Å². The molecule has 0 atom stereocenters. The molecule has 2 nitrogen and oxygen atoms in total. The maximum absolute atomic E-state index is 3.75. The van der Waals surface area contributed by atoms with E-state index in [1.54, 1.807) is 0 Å². The monoisotopic (exact) mass is 338 g/mol. The number of nitrogens with zero attached hydrogens (tertiary/aromatic N) is 1. The molecule has 1 fully saturated rings. The van der Waals surface area contributed by atoms with Crippen LogP contribution in [-0.2, 0) is 6.54 Å². The molecule has 1 aromatic carbocycles. The largest absolute Gasteiger partial charge is 0.371 e. The lowest BCUT2D eigenvalue weighted by molar-refractivity contribution is 0.552. The Bertz CT molecular complexity index is 425. The third kappa shape index (κ3) is 4.23. The minimum atomic E-state index is 0.700. The fourth-order valence-electron chi connectivity index (χ4n) is 2.94. The highest BCUT2D eigenvalue weighted by atomic mass is 79.9. The van der Waals surface area contributed by atoms with Gasteiger partial charge < -0.3 is 10.2 Å². The molecule has 0 amide bonds. The predicted octanol–water partition coefficient (Wildman–Crippen LogP) is 4.57. The molecule has 0 aliphatic heterocycles. The van der Waals surface area contributed by atoms with Crippen molar-refractivity contribution in [3.05, 3.63) is 28.2 Å². The number of nitrogens with one attached hydrogen (secondary N) is 1. The van der Waals surface area contributed by atoms with Crippen LogP contribution >= 0.6 is 15.9 Å². The molecule has 1 saturated carbocycles. The first-order chi connectivity index (χ1) is 9.58. The minimum Gasteiger partial charge on any atom is -0.371 e. The van der Waals surface area contributed by atoms with Gasteiger partial charge in [0.05, 0.1) is 5.69 Å². The van der Waals surface area contributed by atoms with E-state index in [1.165, 1.54) is 41.4 Å². The van der Waals surface area contributed by atoms with Crippen LogP contribution in [0.25, 0.3) is 0 Å². The van der Waals surface area contributed by atoms with E-state index in [4.69, 9.17) is 0 Å². The van der Waals surface area contributed by atoms with Crippen molar-refractivity contribution in [3.8, 4) is 0 Å². The van der Waals surface area contributed by atoms with Gasteiger partial charge in [0.2, 0.25) is 0 Å². The van der Waals surface area contributed by atoms with Gasteiger partial charge in [-0.15, -0.1) is 0 Å².